The number of carbonyl (C=O) groups excluding carboxylic acids is 1. The largest absolute Gasteiger partial charge is 0.366 e. The second-order valence-corrected chi connectivity index (χ2v) is 8.10. The fraction of sp³-hybridized carbons (Fsp3) is 0.273. The molecule has 0 saturated heterocycles. The Balaban J connectivity index is 1.44. The fourth-order valence-electron chi connectivity index (χ4n) is 3.57. The maximum absolute atomic E-state index is 14.9. The van der Waals surface area contributed by atoms with Crippen LogP contribution in [0.3, 0.4) is 0 Å². The number of nitrogens with one attached hydrogen (secondary N) is 2. The van der Waals surface area contributed by atoms with Gasteiger partial charge in [0.15, 0.2) is 16.8 Å². The van der Waals surface area contributed by atoms with Gasteiger partial charge in [-0.25, -0.2) is 19.3 Å². The van der Waals surface area contributed by atoms with Crippen molar-refractivity contribution in [2.24, 2.45) is 0 Å². The summed E-state index contributed by atoms with van der Waals surface area (Å²) in [7, 11) is 1.59. The Morgan fingerprint density at radius 2 is 2.13 bits per heavy atom. The lowest BCUT2D eigenvalue weighted by Crippen LogP contribution is -2.30. The van der Waals surface area contributed by atoms with E-state index < -0.39 is 0 Å². The summed E-state index contributed by atoms with van der Waals surface area (Å²) in [5.41, 5.74) is 4.03. The molecule has 1 amide bonds. The fourth-order valence-corrected chi connectivity index (χ4v) is 4.10. The minimum atomic E-state index is -0.342. The van der Waals surface area contributed by atoms with E-state index in [2.05, 4.69) is 36.6 Å². The minimum Gasteiger partial charge on any atom is -0.366 e. The molecule has 4 heterocycles. The predicted molar refractivity (Wildman–Crippen MR) is 121 cm³/mol. The van der Waals surface area contributed by atoms with Crippen molar-refractivity contribution in [1.29, 1.82) is 0 Å². The second kappa shape index (κ2) is 9.22. The van der Waals surface area contributed by atoms with Crippen LogP contribution in [0.2, 0.25) is 0 Å². The van der Waals surface area contributed by atoms with E-state index in [1.807, 2.05) is 18.4 Å². The number of amides is 1. The molecular weight excluding hydrogens is 415 g/mol. The Hall–Kier alpha value is -3.33. The summed E-state index contributed by atoms with van der Waals surface area (Å²) in [6.07, 6.45) is 6.79. The zero-order valence-corrected chi connectivity index (χ0v) is 18.2. The monoisotopic (exact) mass is 438 g/mol. The molecule has 1 aliphatic rings. The molecule has 31 heavy (non-hydrogen) atoms. The summed E-state index contributed by atoms with van der Waals surface area (Å²) >= 11 is 1.40. The Morgan fingerprint density at radius 1 is 1.26 bits per heavy atom. The first-order valence-corrected chi connectivity index (χ1v) is 10.9. The van der Waals surface area contributed by atoms with Crippen molar-refractivity contribution < 1.29 is 9.18 Å². The number of rotatable bonds is 6. The van der Waals surface area contributed by atoms with Gasteiger partial charge < -0.3 is 15.5 Å². The molecular formula is C22H23FN6OS. The van der Waals surface area contributed by atoms with E-state index in [-0.39, 0.29) is 17.5 Å². The predicted octanol–water partition coefficient (Wildman–Crippen LogP) is 3.86. The van der Waals surface area contributed by atoms with Gasteiger partial charge in [-0.3, -0.25) is 4.79 Å². The zero-order chi connectivity index (χ0) is 21.8. The number of hydrogen-bond acceptors (Lipinski definition) is 7. The van der Waals surface area contributed by atoms with Crippen LogP contribution in [0, 0.1) is 12.7 Å². The molecule has 3 aromatic heterocycles. The van der Waals surface area contributed by atoms with Gasteiger partial charge in [-0.2, -0.15) is 0 Å². The first kappa shape index (κ1) is 20.9. The molecule has 0 unspecified atom stereocenters. The quantitative estimate of drug-likeness (QED) is 0.569. The summed E-state index contributed by atoms with van der Waals surface area (Å²) in [5.74, 6) is -0.340. The highest BCUT2D eigenvalue weighted by molar-refractivity contribution is 7.13. The average molecular weight is 439 g/mol. The van der Waals surface area contributed by atoms with Gasteiger partial charge in [0, 0.05) is 37.9 Å². The van der Waals surface area contributed by atoms with Gasteiger partial charge in [0.2, 0.25) is 0 Å². The molecule has 2 N–H and O–H groups in total. The van der Waals surface area contributed by atoms with Crippen molar-refractivity contribution in [2.75, 3.05) is 30.4 Å². The van der Waals surface area contributed by atoms with Crippen molar-refractivity contribution in [3.63, 3.8) is 0 Å². The highest BCUT2D eigenvalue weighted by atomic mass is 32.1. The molecule has 160 valence electrons. The molecule has 0 radical (unpaired) electrons. The SMILES string of the molecule is CNC(=O)c1ccc(N2CC=C(Cc3ccnc(Nc4nccs4)c3F)CC2)c(C)n1. The molecule has 4 rings (SSSR count). The Kier molecular flexibility index (Phi) is 6.22. The van der Waals surface area contributed by atoms with Gasteiger partial charge >= 0.3 is 0 Å². The van der Waals surface area contributed by atoms with Gasteiger partial charge in [0.05, 0.1) is 11.4 Å². The summed E-state index contributed by atoms with van der Waals surface area (Å²) < 4.78 is 14.9. The summed E-state index contributed by atoms with van der Waals surface area (Å²) in [6.45, 7) is 3.43. The average Bonchev–Trinajstić information content (AvgIpc) is 3.30. The molecule has 0 saturated carbocycles. The van der Waals surface area contributed by atoms with Crippen LogP contribution in [0.5, 0.6) is 0 Å². The maximum atomic E-state index is 14.9. The highest BCUT2D eigenvalue weighted by Gasteiger charge is 2.18. The van der Waals surface area contributed by atoms with Crippen molar-refractivity contribution in [2.45, 2.75) is 19.8 Å². The Labute approximate surface area is 184 Å². The number of anilines is 3. The van der Waals surface area contributed by atoms with Crippen LogP contribution in [0.15, 0.2) is 47.6 Å². The molecule has 0 aliphatic carbocycles. The number of halogens is 1. The first-order chi connectivity index (χ1) is 15.0. The van der Waals surface area contributed by atoms with Crippen LogP contribution in [0.1, 0.15) is 28.2 Å². The Bertz CT molecular complexity index is 1120. The van der Waals surface area contributed by atoms with Crippen LogP contribution in [0.4, 0.5) is 21.0 Å². The van der Waals surface area contributed by atoms with E-state index in [0.717, 1.165) is 24.3 Å². The third-order valence-electron chi connectivity index (χ3n) is 5.21. The number of aromatic nitrogens is 3. The van der Waals surface area contributed by atoms with Crippen molar-refractivity contribution in [1.82, 2.24) is 20.3 Å². The third kappa shape index (κ3) is 4.72. The number of pyridine rings is 2. The zero-order valence-electron chi connectivity index (χ0n) is 17.4. The van der Waals surface area contributed by atoms with Crippen LogP contribution in [0.25, 0.3) is 0 Å². The van der Waals surface area contributed by atoms with Crippen LogP contribution in [-0.2, 0) is 6.42 Å². The Morgan fingerprint density at radius 3 is 2.81 bits per heavy atom. The molecule has 0 aromatic carbocycles. The normalized spacial score (nSPS) is 13.6. The molecule has 0 bridgehead atoms. The van der Waals surface area contributed by atoms with Crippen molar-refractivity contribution >= 4 is 33.9 Å². The lowest BCUT2D eigenvalue weighted by atomic mass is 9.99. The molecule has 0 atom stereocenters. The van der Waals surface area contributed by atoms with Crippen LogP contribution >= 0.6 is 11.3 Å². The molecule has 3 aromatic rings. The van der Waals surface area contributed by atoms with Gasteiger partial charge in [-0.05, 0) is 43.5 Å². The van der Waals surface area contributed by atoms with E-state index in [1.54, 1.807) is 31.6 Å². The van der Waals surface area contributed by atoms with E-state index in [1.165, 1.54) is 16.9 Å². The smallest absolute Gasteiger partial charge is 0.269 e. The van der Waals surface area contributed by atoms with E-state index >= 15 is 0 Å². The lowest BCUT2D eigenvalue weighted by molar-refractivity contribution is 0.0958. The minimum absolute atomic E-state index is 0.196. The molecule has 0 spiro atoms. The van der Waals surface area contributed by atoms with Crippen LogP contribution in [-0.4, -0.2) is 41.0 Å². The van der Waals surface area contributed by atoms with Gasteiger partial charge in [0.25, 0.3) is 5.91 Å². The topological polar surface area (TPSA) is 83.0 Å². The second-order valence-electron chi connectivity index (χ2n) is 7.21. The standard InChI is InChI=1S/C22H23FN6OS/c1-14-18(4-3-17(27-14)21(30)24-2)29-10-6-15(7-11-29)13-16-5-8-25-20(19(16)23)28-22-26-9-12-31-22/h3-6,8-9,12H,7,10-11,13H2,1-2H3,(H,24,30)(H,25,26,28). The third-order valence-corrected chi connectivity index (χ3v) is 5.89. The number of hydrogen-bond donors (Lipinski definition) is 2. The van der Waals surface area contributed by atoms with Crippen molar-refractivity contribution in [3.8, 4) is 0 Å². The van der Waals surface area contributed by atoms with E-state index in [9.17, 15) is 9.18 Å². The first-order valence-electron chi connectivity index (χ1n) is 9.97. The maximum Gasteiger partial charge on any atom is 0.269 e. The molecule has 7 nitrogen and oxygen atoms in total. The van der Waals surface area contributed by atoms with Gasteiger partial charge in [-0.15, -0.1) is 11.3 Å². The van der Waals surface area contributed by atoms with Crippen molar-refractivity contribution in [3.05, 3.63) is 70.4 Å². The molecule has 9 heteroatoms. The molecule has 0 fully saturated rings. The van der Waals surface area contributed by atoms with Gasteiger partial charge in [-0.1, -0.05) is 11.6 Å². The summed E-state index contributed by atoms with van der Waals surface area (Å²) in [4.78, 5) is 26.6. The highest BCUT2D eigenvalue weighted by Crippen LogP contribution is 2.27. The molecule has 1 aliphatic heterocycles. The number of carbonyl (C=O) groups is 1. The number of aryl methyl sites for hydroxylation is 1. The van der Waals surface area contributed by atoms with Crippen LogP contribution < -0.4 is 15.5 Å². The van der Waals surface area contributed by atoms with E-state index in [0.29, 0.717) is 29.4 Å². The van der Waals surface area contributed by atoms with E-state index in [4.69, 9.17) is 0 Å². The van der Waals surface area contributed by atoms with Gasteiger partial charge in [0.1, 0.15) is 5.69 Å². The number of nitrogens with zero attached hydrogens (tertiary/aromatic N) is 4. The summed E-state index contributed by atoms with van der Waals surface area (Å²) in [6, 6.07) is 5.40. The summed E-state index contributed by atoms with van der Waals surface area (Å²) in [5, 5.41) is 7.97. The number of thiazole rings is 1. The lowest BCUT2D eigenvalue weighted by Gasteiger charge is -2.29.